The molecule has 0 bridgehead atoms. The van der Waals surface area contributed by atoms with Crippen molar-refractivity contribution < 1.29 is 13.2 Å². The first-order valence-electron chi connectivity index (χ1n) is 6.32. The lowest BCUT2D eigenvalue weighted by Gasteiger charge is -2.20. The van der Waals surface area contributed by atoms with E-state index in [1.165, 1.54) is 12.1 Å². The van der Waals surface area contributed by atoms with Crippen molar-refractivity contribution in [1.82, 2.24) is 4.90 Å². The minimum absolute atomic E-state index is 0.0372. The molecule has 1 amide bonds. The van der Waals surface area contributed by atoms with Gasteiger partial charge in [0.05, 0.1) is 10.6 Å². The van der Waals surface area contributed by atoms with Gasteiger partial charge in [-0.05, 0) is 31.9 Å². The van der Waals surface area contributed by atoms with Gasteiger partial charge in [-0.3, -0.25) is 4.79 Å². The summed E-state index contributed by atoms with van der Waals surface area (Å²) in [6, 6.07) is 6.45. The zero-order valence-electron chi connectivity index (χ0n) is 10.9. The highest BCUT2D eigenvalue weighted by atomic mass is 32.2. The molecular formula is C13H18N2O3S. The van der Waals surface area contributed by atoms with Gasteiger partial charge in [0.25, 0.3) is 0 Å². The Kier molecular flexibility index (Phi) is 3.80. The average molecular weight is 282 g/mol. The van der Waals surface area contributed by atoms with Crippen LogP contribution >= 0.6 is 0 Å². The summed E-state index contributed by atoms with van der Waals surface area (Å²) in [7, 11) is -3.67. The van der Waals surface area contributed by atoms with E-state index in [9.17, 15) is 13.2 Å². The average Bonchev–Trinajstić information content (AvgIpc) is 3.14. The fraction of sp³-hybridized carbons (Fsp3) is 0.462. The van der Waals surface area contributed by atoms with Crippen molar-refractivity contribution in [3.63, 3.8) is 0 Å². The molecule has 0 saturated heterocycles. The number of nitrogens with zero attached hydrogens (tertiary/aromatic N) is 1. The molecule has 0 radical (unpaired) electrons. The molecule has 1 aliphatic rings. The molecule has 2 rings (SSSR count). The molecular weight excluding hydrogens is 264 g/mol. The monoisotopic (exact) mass is 282 g/mol. The molecule has 1 aromatic carbocycles. The van der Waals surface area contributed by atoms with Crippen LogP contribution < -0.4 is 5.73 Å². The van der Waals surface area contributed by atoms with E-state index in [-0.39, 0.29) is 22.5 Å². The van der Waals surface area contributed by atoms with Gasteiger partial charge in [0, 0.05) is 12.6 Å². The molecule has 0 spiro atoms. The fourth-order valence-electron chi connectivity index (χ4n) is 2.11. The molecule has 104 valence electrons. The minimum Gasteiger partial charge on any atom is -0.398 e. The third kappa shape index (κ3) is 3.07. The Hall–Kier alpha value is -1.56. The second kappa shape index (κ2) is 5.21. The summed E-state index contributed by atoms with van der Waals surface area (Å²) >= 11 is 0. The van der Waals surface area contributed by atoms with Crippen LogP contribution in [-0.4, -0.2) is 37.6 Å². The summed E-state index contributed by atoms with van der Waals surface area (Å²) in [4.78, 5) is 13.7. The molecule has 0 aromatic heterocycles. The Bertz CT molecular complexity index is 579. The largest absolute Gasteiger partial charge is 0.398 e. The smallest absolute Gasteiger partial charge is 0.238 e. The zero-order chi connectivity index (χ0) is 14.0. The van der Waals surface area contributed by atoms with Crippen molar-refractivity contribution in [2.45, 2.75) is 30.7 Å². The van der Waals surface area contributed by atoms with E-state index in [4.69, 9.17) is 5.73 Å². The van der Waals surface area contributed by atoms with Crippen LogP contribution in [0.15, 0.2) is 29.2 Å². The number of amides is 1. The van der Waals surface area contributed by atoms with Crippen molar-refractivity contribution in [2.24, 2.45) is 0 Å². The van der Waals surface area contributed by atoms with Crippen molar-refractivity contribution in [2.75, 3.05) is 18.0 Å². The number of carbonyl (C=O) groups excluding carboxylic acids is 1. The highest BCUT2D eigenvalue weighted by Gasteiger charge is 2.33. The minimum atomic E-state index is -3.67. The molecule has 0 unspecified atom stereocenters. The van der Waals surface area contributed by atoms with E-state index >= 15 is 0 Å². The number of anilines is 1. The quantitative estimate of drug-likeness (QED) is 0.819. The Morgan fingerprint density at radius 2 is 2.00 bits per heavy atom. The fourth-order valence-corrected chi connectivity index (χ4v) is 3.47. The Balaban J connectivity index is 2.17. The highest BCUT2D eigenvalue weighted by Crippen LogP contribution is 2.27. The molecule has 0 aliphatic heterocycles. The molecule has 1 aromatic rings. The lowest BCUT2D eigenvalue weighted by Crippen LogP contribution is -2.37. The van der Waals surface area contributed by atoms with Gasteiger partial charge in [-0.2, -0.15) is 0 Å². The van der Waals surface area contributed by atoms with Gasteiger partial charge < -0.3 is 10.6 Å². The maximum Gasteiger partial charge on any atom is 0.238 e. The predicted molar refractivity (Wildman–Crippen MR) is 73.3 cm³/mol. The SMILES string of the molecule is CCN(C(=O)CS(=O)(=O)c1ccccc1N)C1CC1. The lowest BCUT2D eigenvalue weighted by molar-refractivity contribution is -0.128. The van der Waals surface area contributed by atoms with Gasteiger partial charge in [-0.1, -0.05) is 12.1 Å². The molecule has 0 atom stereocenters. The summed E-state index contributed by atoms with van der Waals surface area (Å²) in [6.45, 7) is 2.41. The highest BCUT2D eigenvalue weighted by molar-refractivity contribution is 7.92. The van der Waals surface area contributed by atoms with Crippen LogP contribution in [0.4, 0.5) is 5.69 Å². The predicted octanol–water partition coefficient (Wildman–Crippen LogP) is 1.05. The lowest BCUT2D eigenvalue weighted by atomic mass is 10.3. The Morgan fingerprint density at radius 3 is 2.53 bits per heavy atom. The van der Waals surface area contributed by atoms with E-state index in [0.29, 0.717) is 6.54 Å². The molecule has 6 heteroatoms. The van der Waals surface area contributed by atoms with E-state index < -0.39 is 15.6 Å². The van der Waals surface area contributed by atoms with Crippen molar-refractivity contribution in [3.8, 4) is 0 Å². The summed E-state index contributed by atoms with van der Waals surface area (Å²) < 4.78 is 24.4. The summed E-state index contributed by atoms with van der Waals surface area (Å²) in [5, 5.41) is 0. The molecule has 19 heavy (non-hydrogen) atoms. The number of nitrogens with two attached hydrogens (primary N) is 1. The Morgan fingerprint density at radius 1 is 1.37 bits per heavy atom. The third-order valence-electron chi connectivity index (χ3n) is 3.22. The van der Waals surface area contributed by atoms with Crippen LogP contribution in [0.5, 0.6) is 0 Å². The van der Waals surface area contributed by atoms with Crippen LogP contribution in [0.2, 0.25) is 0 Å². The summed E-state index contributed by atoms with van der Waals surface area (Å²) in [6.07, 6.45) is 1.93. The van der Waals surface area contributed by atoms with Gasteiger partial charge in [-0.25, -0.2) is 8.42 Å². The molecule has 5 nitrogen and oxygen atoms in total. The second-order valence-corrected chi connectivity index (χ2v) is 6.67. The molecule has 0 heterocycles. The summed E-state index contributed by atoms with van der Waals surface area (Å²) in [5.41, 5.74) is 5.84. The normalized spacial score (nSPS) is 15.2. The standard InChI is InChI=1S/C13H18N2O3S/c1-2-15(10-7-8-10)13(16)9-19(17,18)12-6-4-3-5-11(12)14/h3-6,10H,2,7-9,14H2,1H3. The number of rotatable bonds is 5. The van der Waals surface area contributed by atoms with Crippen molar-refractivity contribution in [3.05, 3.63) is 24.3 Å². The molecule has 2 N–H and O–H groups in total. The van der Waals surface area contributed by atoms with E-state index in [2.05, 4.69) is 0 Å². The van der Waals surface area contributed by atoms with Crippen molar-refractivity contribution in [1.29, 1.82) is 0 Å². The van der Waals surface area contributed by atoms with Crippen LogP contribution in [0.3, 0.4) is 0 Å². The number of nitrogen functional groups attached to an aromatic ring is 1. The first-order chi connectivity index (χ1) is 8.95. The molecule has 1 aliphatic carbocycles. The van der Waals surface area contributed by atoms with E-state index in [0.717, 1.165) is 12.8 Å². The van der Waals surface area contributed by atoms with E-state index in [1.54, 1.807) is 17.0 Å². The number of hydrogen-bond donors (Lipinski definition) is 1. The van der Waals surface area contributed by atoms with Crippen LogP contribution in [0, 0.1) is 0 Å². The van der Waals surface area contributed by atoms with Gasteiger partial charge in [0.15, 0.2) is 9.84 Å². The Labute approximate surface area is 113 Å². The molecule has 1 saturated carbocycles. The van der Waals surface area contributed by atoms with Crippen LogP contribution in [0.1, 0.15) is 19.8 Å². The van der Waals surface area contributed by atoms with Crippen LogP contribution in [-0.2, 0) is 14.6 Å². The number of sulfone groups is 1. The maximum absolute atomic E-state index is 12.2. The van der Waals surface area contributed by atoms with Crippen molar-refractivity contribution >= 4 is 21.4 Å². The summed E-state index contributed by atoms with van der Waals surface area (Å²) in [5.74, 6) is -0.848. The maximum atomic E-state index is 12.2. The first kappa shape index (κ1) is 13.9. The third-order valence-corrected chi connectivity index (χ3v) is 4.89. The number of hydrogen-bond acceptors (Lipinski definition) is 4. The number of benzene rings is 1. The topological polar surface area (TPSA) is 80.5 Å². The van der Waals surface area contributed by atoms with Crippen LogP contribution in [0.25, 0.3) is 0 Å². The van der Waals surface area contributed by atoms with Gasteiger partial charge in [-0.15, -0.1) is 0 Å². The molecule has 1 fully saturated rings. The zero-order valence-corrected chi connectivity index (χ0v) is 11.7. The van der Waals surface area contributed by atoms with E-state index in [1.807, 2.05) is 6.92 Å². The number of carbonyl (C=O) groups is 1. The second-order valence-electron chi connectivity index (χ2n) is 4.71. The first-order valence-corrected chi connectivity index (χ1v) is 7.97. The van der Waals surface area contributed by atoms with Gasteiger partial charge in [0.2, 0.25) is 5.91 Å². The number of para-hydroxylation sites is 1. The van der Waals surface area contributed by atoms with Gasteiger partial charge in [0.1, 0.15) is 5.75 Å². The van der Waals surface area contributed by atoms with Gasteiger partial charge >= 0.3 is 0 Å².